The molecule has 1 aromatic carbocycles. The third-order valence-corrected chi connectivity index (χ3v) is 4.57. The number of aromatic nitrogens is 1. The van der Waals surface area contributed by atoms with Gasteiger partial charge in [0.1, 0.15) is 6.54 Å². The number of amides is 1. The fraction of sp³-hybridized carbons (Fsp3) is 0.368. The van der Waals surface area contributed by atoms with Crippen molar-refractivity contribution >= 4 is 5.91 Å². The summed E-state index contributed by atoms with van der Waals surface area (Å²) in [5, 5.41) is 0. The standard InChI is InChI=1S/C19H23N3O3/c1-24-17-6-5-15(12-18(17)25-2)14-21-8-10-22(11-9-21)19(23)16-4-3-7-20-13-16/h3-7,12-13H,8-11,14H2,1-2H3/p+1. The van der Waals surface area contributed by atoms with Crippen molar-refractivity contribution in [1.29, 1.82) is 0 Å². The van der Waals surface area contributed by atoms with E-state index in [9.17, 15) is 4.79 Å². The van der Waals surface area contributed by atoms with Gasteiger partial charge in [0.05, 0.1) is 46.0 Å². The average Bonchev–Trinajstić information content (AvgIpc) is 2.68. The summed E-state index contributed by atoms with van der Waals surface area (Å²) < 4.78 is 10.7. The maximum absolute atomic E-state index is 12.5. The Kier molecular flexibility index (Phi) is 5.50. The van der Waals surface area contributed by atoms with Crippen molar-refractivity contribution in [2.24, 2.45) is 0 Å². The molecule has 0 unspecified atom stereocenters. The number of carbonyl (C=O) groups excluding carboxylic acids is 1. The molecule has 0 saturated carbocycles. The Morgan fingerprint density at radius 1 is 1.16 bits per heavy atom. The van der Waals surface area contributed by atoms with Crippen molar-refractivity contribution in [2.75, 3.05) is 40.4 Å². The molecule has 1 amide bonds. The van der Waals surface area contributed by atoms with Crippen LogP contribution in [0.1, 0.15) is 15.9 Å². The zero-order valence-electron chi connectivity index (χ0n) is 14.7. The van der Waals surface area contributed by atoms with E-state index in [0.717, 1.165) is 44.2 Å². The Labute approximate surface area is 148 Å². The van der Waals surface area contributed by atoms with Gasteiger partial charge in [-0.1, -0.05) is 0 Å². The Balaban J connectivity index is 1.57. The van der Waals surface area contributed by atoms with Gasteiger partial charge in [-0.2, -0.15) is 0 Å². The molecule has 1 aliphatic rings. The number of methoxy groups -OCH3 is 2. The lowest BCUT2D eigenvalue weighted by atomic mass is 10.1. The molecule has 25 heavy (non-hydrogen) atoms. The van der Waals surface area contributed by atoms with E-state index in [-0.39, 0.29) is 5.91 Å². The Bertz CT molecular complexity index is 713. The molecule has 1 aliphatic heterocycles. The third kappa shape index (κ3) is 4.09. The zero-order chi connectivity index (χ0) is 17.6. The number of hydrogen-bond donors (Lipinski definition) is 1. The number of quaternary nitrogens is 1. The molecule has 0 atom stereocenters. The van der Waals surface area contributed by atoms with Gasteiger partial charge in [-0.15, -0.1) is 0 Å². The predicted octanol–water partition coefficient (Wildman–Crippen LogP) is 0.640. The molecule has 1 saturated heterocycles. The lowest BCUT2D eigenvalue weighted by molar-refractivity contribution is -0.917. The number of carbonyl (C=O) groups is 1. The van der Waals surface area contributed by atoms with E-state index < -0.39 is 0 Å². The maximum Gasteiger partial charge on any atom is 0.255 e. The molecule has 2 heterocycles. The van der Waals surface area contributed by atoms with Gasteiger partial charge in [-0.25, -0.2) is 0 Å². The molecular formula is C19H24N3O3+. The first-order chi connectivity index (χ1) is 12.2. The van der Waals surface area contributed by atoms with E-state index in [0.29, 0.717) is 5.56 Å². The minimum Gasteiger partial charge on any atom is -0.493 e. The molecule has 6 nitrogen and oxygen atoms in total. The highest BCUT2D eigenvalue weighted by atomic mass is 16.5. The van der Waals surface area contributed by atoms with E-state index in [1.54, 1.807) is 32.7 Å². The first-order valence-corrected chi connectivity index (χ1v) is 8.45. The van der Waals surface area contributed by atoms with Crippen LogP contribution in [0, 0.1) is 0 Å². The molecule has 6 heteroatoms. The van der Waals surface area contributed by atoms with Crippen LogP contribution in [0.3, 0.4) is 0 Å². The third-order valence-electron chi connectivity index (χ3n) is 4.57. The van der Waals surface area contributed by atoms with Crippen LogP contribution in [0.2, 0.25) is 0 Å². The molecule has 1 N–H and O–H groups in total. The molecule has 0 aliphatic carbocycles. The molecule has 2 aromatic rings. The van der Waals surface area contributed by atoms with Gasteiger partial charge in [0.25, 0.3) is 5.91 Å². The molecule has 132 valence electrons. The highest BCUT2D eigenvalue weighted by Crippen LogP contribution is 2.27. The second-order valence-electron chi connectivity index (χ2n) is 6.15. The van der Waals surface area contributed by atoms with Crippen molar-refractivity contribution in [3.05, 3.63) is 53.9 Å². The van der Waals surface area contributed by atoms with Gasteiger partial charge in [0.15, 0.2) is 11.5 Å². The van der Waals surface area contributed by atoms with Gasteiger partial charge >= 0.3 is 0 Å². The summed E-state index contributed by atoms with van der Waals surface area (Å²) in [5.74, 6) is 1.57. The molecule has 0 spiro atoms. The summed E-state index contributed by atoms with van der Waals surface area (Å²) in [6, 6.07) is 9.65. The molecule has 3 rings (SSSR count). The van der Waals surface area contributed by atoms with Crippen molar-refractivity contribution in [3.63, 3.8) is 0 Å². The van der Waals surface area contributed by atoms with E-state index >= 15 is 0 Å². The number of nitrogens with zero attached hydrogens (tertiary/aromatic N) is 2. The molecule has 1 fully saturated rings. The summed E-state index contributed by atoms with van der Waals surface area (Å²) in [7, 11) is 3.29. The molecule has 0 radical (unpaired) electrons. The summed E-state index contributed by atoms with van der Waals surface area (Å²) in [6.07, 6.45) is 3.31. The number of benzene rings is 1. The van der Waals surface area contributed by atoms with Crippen LogP contribution in [0.5, 0.6) is 11.5 Å². The topological polar surface area (TPSA) is 56.1 Å². The second-order valence-corrected chi connectivity index (χ2v) is 6.15. The van der Waals surface area contributed by atoms with Gasteiger partial charge in [0, 0.05) is 18.0 Å². The summed E-state index contributed by atoms with van der Waals surface area (Å²) in [4.78, 5) is 19.9. The van der Waals surface area contributed by atoms with Crippen LogP contribution < -0.4 is 14.4 Å². The number of piperazine rings is 1. The fourth-order valence-corrected chi connectivity index (χ4v) is 3.15. The highest BCUT2D eigenvalue weighted by Gasteiger charge is 2.24. The van der Waals surface area contributed by atoms with Crippen LogP contribution in [0.25, 0.3) is 0 Å². The Hall–Kier alpha value is -2.60. The molecule has 1 aromatic heterocycles. The van der Waals surface area contributed by atoms with Crippen molar-refractivity contribution in [1.82, 2.24) is 9.88 Å². The summed E-state index contributed by atoms with van der Waals surface area (Å²) in [6.45, 7) is 4.29. The van der Waals surface area contributed by atoms with Crippen molar-refractivity contribution in [3.8, 4) is 11.5 Å². The monoisotopic (exact) mass is 342 g/mol. The van der Waals surface area contributed by atoms with Crippen molar-refractivity contribution < 1.29 is 19.2 Å². The number of pyridine rings is 1. The first kappa shape index (κ1) is 17.2. The van der Waals surface area contributed by atoms with Crippen LogP contribution >= 0.6 is 0 Å². The first-order valence-electron chi connectivity index (χ1n) is 8.45. The van der Waals surface area contributed by atoms with Gasteiger partial charge < -0.3 is 19.3 Å². The minimum atomic E-state index is 0.0678. The van der Waals surface area contributed by atoms with Gasteiger partial charge in [-0.3, -0.25) is 9.78 Å². The minimum absolute atomic E-state index is 0.0678. The summed E-state index contributed by atoms with van der Waals surface area (Å²) >= 11 is 0. The number of nitrogens with one attached hydrogen (secondary N) is 1. The maximum atomic E-state index is 12.5. The molecule has 0 bridgehead atoms. The van der Waals surface area contributed by atoms with Crippen LogP contribution in [-0.2, 0) is 6.54 Å². The van der Waals surface area contributed by atoms with Crippen LogP contribution in [-0.4, -0.2) is 56.2 Å². The summed E-state index contributed by atoms with van der Waals surface area (Å²) in [5.41, 5.74) is 1.87. The largest absolute Gasteiger partial charge is 0.493 e. The Morgan fingerprint density at radius 2 is 1.92 bits per heavy atom. The quantitative estimate of drug-likeness (QED) is 0.866. The predicted molar refractivity (Wildman–Crippen MR) is 94.1 cm³/mol. The smallest absolute Gasteiger partial charge is 0.255 e. The second kappa shape index (κ2) is 7.98. The lowest BCUT2D eigenvalue weighted by Gasteiger charge is -2.32. The Morgan fingerprint density at radius 3 is 2.56 bits per heavy atom. The van der Waals surface area contributed by atoms with Gasteiger partial charge in [0.2, 0.25) is 0 Å². The normalized spacial score (nSPS) is 15.0. The average molecular weight is 342 g/mol. The lowest BCUT2D eigenvalue weighted by Crippen LogP contribution is -3.13. The van der Waals surface area contributed by atoms with Crippen molar-refractivity contribution in [2.45, 2.75) is 6.54 Å². The zero-order valence-corrected chi connectivity index (χ0v) is 14.7. The van der Waals surface area contributed by atoms with Crippen LogP contribution in [0.15, 0.2) is 42.7 Å². The van der Waals surface area contributed by atoms with E-state index in [2.05, 4.69) is 11.1 Å². The molecular weight excluding hydrogens is 318 g/mol. The SMILES string of the molecule is COc1ccc(C[NH+]2CCN(C(=O)c3cccnc3)CC2)cc1OC. The van der Waals surface area contributed by atoms with E-state index in [4.69, 9.17) is 9.47 Å². The van der Waals surface area contributed by atoms with E-state index in [1.807, 2.05) is 23.1 Å². The number of ether oxygens (including phenoxy) is 2. The van der Waals surface area contributed by atoms with E-state index in [1.165, 1.54) is 10.5 Å². The number of rotatable bonds is 5. The fourth-order valence-electron chi connectivity index (χ4n) is 3.15. The highest BCUT2D eigenvalue weighted by molar-refractivity contribution is 5.93. The van der Waals surface area contributed by atoms with Gasteiger partial charge in [-0.05, 0) is 30.3 Å². The van der Waals surface area contributed by atoms with Crippen LogP contribution in [0.4, 0.5) is 0 Å². The number of hydrogen-bond acceptors (Lipinski definition) is 4.